The van der Waals surface area contributed by atoms with Crippen LogP contribution in [0.5, 0.6) is 0 Å². The van der Waals surface area contributed by atoms with Gasteiger partial charge in [0.2, 0.25) is 5.91 Å². The average Bonchev–Trinajstić information content (AvgIpc) is 3.47. The molecular formula is C26H23F3N4O3. The van der Waals surface area contributed by atoms with Crippen LogP contribution in [-0.2, 0) is 30.4 Å². The zero-order valence-corrected chi connectivity index (χ0v) is 19.4. The van der Waals surface area contributed by atoms with Gasteiger partial charge in [0, 0.05) is 36.2 Å². The summed E-state index contributed by atoms with van der Waals surface area (Å²) in [5.74, 6) is -0.730. The summed E-state index contributed by atoms with van der Waals surface area (Å²) in [6, 6.07) is 13.9. The number of hydrogen-bond acceptors (Lipinski definition) is 6. The van der Waals surface area contributed by atoms with Crippen molar-refractivity contribution in [1.82, 2.24) is 15.2 Å². The van der Waals surface area contributed by atoms with E-state index in [9.17, 15) is 18.0 Å². The number of aryl methyl sites for hydroxylation is 1. The Hall–Kier alpha value is -3.92. The number of amides is 1. The Labute approximate surface area is 204 Å². The van der Waals surface area contributed by atoms with Gasteiger partial charge in [-0.2, -0.15) is 13.2 Å². The first-order valence-corrected chi connectivity index (χ1v) is 11.4. The van der Waals surface area contributed by atoms with Gasteiger partial charge in [-0.25, -0.2) is 0 Å². The van der Waals surface area contributed by atoms with E-state index in [2.05, 4.69) is 16.4 Å². The van der Waals surface area contributed by atoms with Crippen molar-refractivity contribution >= 4 is 5.91 Å². The maximum Gasteiger partial charge on any atom is 0.422 e. The first-order chi connectivity index (χ1) is 17.2. The summed E-state index contributed by atoms with van der Waals surface area (Å²) in [7, 11) is 1.91. The Kier molecular flexibility index (Phi) is 6.13. The molecule has 0 atom stereocenters. The van der Waals surface area contributed by atoms with E-state index in [-0.39, 0.29) is 29.4 Å². The molecule has 0 aliphatic heterocycles. The lowest BCUT2D eigenvalue weighted by molar-refractivity contribution is -0.136. The second kappa shape index (κ2) is 9.27. The second-order valence-corrected chi connectivity index (χ2v) is 8.88. The van der Waals surface area contributed by atoms with Crippen LogP contribution in [0.4, 0.5) is 13.2 Å². The average molecular weight is 496 g/mol. The standard InChI is InChI=1S/C26H23F3N4O3/c1-33(12-11-20(30)34)14-15-7-9-18-17(13-15)8-10-19-22(18)31-36-25(19)23-21(26(27,28)29)24(35-32-23)16-5-3-2-4-6-16/h2-7,9,13H,8,10-12,14H2,1H3,(H2,30,34). The van der Waals surface area contributed by atoms with Crippen LogP contribution >= 0.6 is 0 Å². The molecule has 2 aromatic heterocycles. The number of primary amides is 1. The Morgan fingerprint density at radius 2 is 1.75 bits per heavy atom. The van der Waals surface area contributed by atoms with E-state index in [0.717, 1.165) is 16.7 Å². The molecule has 2 aromatic carbocycles. The molecule has 0 spiro atoms. The fraction of sp³-hybridized carbons (Fsp3) is 0.269. The Balaban J connectivity index is 1.48. The number of alkyl halides is 3. The highest BCUT2D eigenvalue weighted by Gasteiger charge is 2.43. The fourth-order valence-corrected chi connectivity index (χ4v) is 4.57. The van der Waals surface area contributed by atoms with Gasteiger partial charge in [-0.1, -0.05) is 58.8 Å². The van der Waals surface area contributed by atoms with E-state index >= 15 is 0 Å². The van der Waals surface area contributed by atoms with Crippen molar-refractivity contribution in [2.45, 2.75) is 32.0 Å². The molecule has 5 rings (SSSR count). The fourth-order valence-electron chi connectivity index (χ4n) is 4.57. The summed E-state index contributed by atoms with van der Waals surface area (Å²) in [5, 5.41) is 7.91. The molecule has 0 bridgehead atoms. The molecule has 1 aliphatic carbocycles. The van der Waals surface area contributed by atoms with Crippen molar-refractivity contribution in [3.05, 3.63) is 70.8 Å². The first-order valence-electron chi connectivity index (χ1n) is 11.4. The molecule has 0 unspecified atom stereocenters. The number of hydrogen-bond donors (Lipinski definition) is 1. The maximum atomic E-state index is 14.1. The minimum Gasteiger partial charge on any atom is -0.370 e. The number of fused-ring (bicyclic) bond motifs is 3. The van der Waals surface area contributed by atoms with Gasteiger partial charge in [-0.05, 0) is 31.0 Å². The number of benzene rings is 2. The van der Waals surface area contributed by atoms with Crippen LogP contribution in [0.3, 0.4) is 0 Å². The molecule has 7 nitrogen and oxygen atoms in total. The van der Waals surface area contributed by atoms with Crippen molar-refractivity contribution in [3.8, 4) is 34.0 Å². The Morgan fingerprint density at radius 3 is 2.47 bits per heavy atom. The first kappa shape index (κ1) is 23.8. The van der Waals surface area contributed by atoms with Gasteiger partial charge in [-0.3, -0.25) is 4.79 Å². The van der Waals surface area contributed by atoms with Gasteiger partial charge in [0.25, 0.3) is 0 Å². The van der Waals surface area contributed by atoms with Crippen molar-refractivity contribution in [1.29, 1.82) is 0 Å². The van der Waals surface area contributed by atoms with Crippen molar-refractivity contribution < 1.29 is 27.0 Å². The highest BCUT2D eigenvalue weighted by atomic mass is 19.4. The quantitative estimate of drug-likeness (QED) is 0.383. The van der Waals surface area contributed by atoms with E-state index in [1.54, 1.807) is 18.2 Å². The van der Waals surface area contributed by atoms with Crippen LogP contribution in [0.1, 0.15) is 28.7 Å². The lowest BCUT2D eigenvalue weighted by Crippen LogP contribution is -2.24. The molecule has 0 saturated carbocycles. The molecule has 186 valence electrons. The number of carbonyl (C=O) groups excluding carboxylic acids is 1. The van der Waals surface area contributed by atoms with Crippen LogP contribution in [0.15, 0.2) is 57.6 Å². The highest BCUT2D eigenvalue weighted by Crippen LogP contribution is 2.46. The molecule has 4 aromatic rings. The van der Waals surface area contributed by atoms with Gasteiger partial charge in [-0.15, -0.1) is 0 Å². The molecular weight excluding hydrogens is 473 g/mol. The van der Waals surface area contributed by atoms with E-state index in [4.69, 9.17) is 14.8 Å². The largest absolute Gasteiger partial charge is 0.422 e. The molecule has 36 heavy (non-hydrogen) atoms. The van der Waals surface area contributed by atoms with Gasteiger partial charge >= 0.3 is 6.18 Å². The number of carbonyl (C=O) groups is 1. The molecule has 0 saturated heterocycles. The van der Waals surface area contributed by atoms with Crippen LogP contribution in [0.2, 0.25) is 0 Å². The third-order valence-electron chi connectivity index (χ3n) is 6.28. The number of aromatic nitrogens is 2. The van der Waals surface area contributed by atoms with Crippen molar-refractivity contribution in [2.24, 2.45) is 5.73 Å². The number of halogens is 3. The highest BCUT2D eigenvalue weighted by molar-refractivity contribution is 5.79. The molecule has 0 fully saturated rings. The van der Waals surface area contributed by atoms with Gasteiger partial charge in [0.05, 0.1) is 0 Å². The normalized spacial score (nSPS) is 13.0. The maximum absolute atomic E-state index is 14.1. The molecule has 2 heterocycles. The SMILES string of the molecule is CN(CCC(N)=O)Cc1ccc2c(c1)CCc1c-2noc1-c1noc(-c2ccccc2)c1C(F)(F)F. The smallest absolute Gasteiger partial charge is 0.370 e. The third kappa shape index (κ3) is 4.51. The zero-order valence-electron chi connectivity index (χ0n) is 19.4. The molecule has 0 radical (unpaired) electrons. The van der Waals surface area contributed by atoms with Crippen LogP contribution in [-0.4, -0.2) is 34.7 Å². The lowest BCUT2D eigenvalue weighted by Gasteiger charge is -2.19. The number of nitrogens with zero attached hydrogens (tertiary/aromatic N) is 3. The van der Waals surface area contributed by atoms with Crippen molar-refractivity contribution in [3.63, 3.8) is 0 Å². The van der Waals surface area contributed by atoms with E-state index in [0.29, 0.717) is 37.2 Å². The minimum absolute atomic E-state index is 0.0239. The predicted octanol–water partition coefficient (Wildman–Crippen LogP) is 5.09. The third-order valence-corrected chi connectivity index (χ3v) is 6.28. The van der Waals surface area contributed by atoms with E-state index in [1.165, 1.54) is 12.1 Å². The minimum atomic E-state index is -4.71. The number of rotatable bonds is 7. The van der Waals surface area contributed by atoms with Crippen LogP contribution in [0.25, 0.3) is 34.0 Å². The Morgan fingerprint density at radius 1 is 1.03 bits per heavy atom. The molecule has 2 N–H and O–H groups in total. The summed E-state index contributed by atoms with van der Waals surface area (Å²) in [6.45, 7) is 1.18. The molecule has 10 heteroatoms. The summed E-state index contributed by atoms with van der Waals surface area (Å²) in [4.78, 5) is 13.0. The molecule has 1 amide bonds. The monoisotopic (exact) mass is 496 g/mol. The summed E-state index contributed by atoms with van der Waals surface area (Å²) < 4.78 is 53.1. The van der Waals surface area contributed by atoms with Gasteiger partial charge in [0.15, 0.2) is 17.2 Å². The Bertz CT molecular complexity index is 1410. The summed E-state index contributed by atoms with van der Waals surface area (Å²) in [5.41, 5.74) is 8.11. The van der Waals surface area contributed by atoms with Crippen LogP contribution < -0.4 is 5.73 Å². The predicted molar refractivity (Wildman–Crippen MR) is 125 cm³/mol. The number of nitrogens with two attached hydrogens (primary N) is 1. The van der Waals surface area contributed by atoms with Gasteiger partial charge < -0.3 is 19.7 Å². The molecule has 1 aliphatic rings. The van der Waals surface area contributed by atoms with E-state index in [1.807, 2.05) is 24.1 Å². The zero-order chi connectivity index (χ0) is 25.4. The van der Waals surface area contributed by atoms with Gasteiger partial charge in [0.1, 0.15) is 11.3 Å². The van der Waals surface area contributed by atoms with E-state index < -0.39 is 17.4 Å². The topological polar surface area (TPSA) is 98.4 Å². The van der Waals surface area contributed by atoms with Crippen LogP contribution in [0, 0.1) is 0 Å². The summed E-state index contributed by atoms with van der Waals surface area (Å²) >= 11 is 0. The lowest BCUT2D eigenvalue weighted by atomic mass is 9.87. The summed E-state index contributed by atoms with van der Waals surface area (Å²) in [6.07, 6.45) is -3.37. The second-order valence-electron chi connectivity index (χ2n) is 8.88. The van der Waals surface area contributed by atoms with Crippen molar-refractivity contribution in [2.75, 3.05) is 13.6 Å².